The predicted octanol–water partition coefficient (Wildman–Crippen LogP) is 1.82. The van der Waals surface area contributed by atoms with Gasteiger partial charge in [-0.25, -0.2) is 8.42 Å². The Hall–Kier alpha value is -1.47. The molecule has 1 fully saturated rings. The minimum absolute atomic E-state index is 0.0332. The van der Waals surface area contributed by atoms with Gasteiger partial charge in [-0.2, -0.15) is 0 Å². The molecule has 1 aromatic carbocycles. The van der Waals surface area contributed by atoms with Crippen molar-refractivity contribution < 1.29 is 13.3 Å². The number of hydrogen-bond acceptors (Lipinski definition) is 5. The number of rotatable bonds is 4. The predicted molar refractivity (Wildman–Crippen MR) is 76.3 cm³/mol. The third-order valence-corrected chi connectivity index (χ3v) is 5.37. The summed E-state index contributed by atoms with van der Waals surface area (Å²) in [7, 11) is -2.93. The second-order valence-corrected chi connectivity index (χ2v) is 7.42. The second-order valence-electron chi connectivity index (χ2n) is 5.19. The zero-order valence-electron chi connectivity index (χ0n) is 11.3. The van der Waals surface area contributed by atoms with Gasteiger partial charge in [-0.1, -0.05) is 12.1 Å². The number of sulfone groups is 1. The largest absolute Gasteiger partial charge is 0.306 e. The van der Waals surface area contributed by atoms with E-state index in [2.05, 4.69) is 5.32 Å². The molecule has 1 aliphatic heterocycles. The van der Waals surface area contributed by atoms with Crippen LogP contribution in [0.4, 0.5) is 5.69 Å². The van der Waals surface area contributed by atoms with Crippen LogP contribution in [-0.2, 0) is 9.84 Å². The number of nitrogens with zero attached hydrogens (tertiary/aromatic N) is 1. The van der Waals surface area contributed by atoms with E-state index in [9.17, 15) is 18.5 Å². The second kappa shape index (κ2) is 5.88. The monoisotopic (exact) mass is 298 g/mol. The fourth-order valence-corrected chi connectivity index (χ4v) is 4.14. The molecule has 0 saturated carbocycles. The SMILES string of the molecule is CC(NC1CCCS(=O)(=O)C1)c1ccc([N+](=O)[O-])cc1. The van der Waals surface area contributed by atoms with E-state index in [0.29, 0.717) is 6.42 Å². The molecule has 0 aromatic heterocycles. The first-order chi connectivity index (χ1) is 9.37. The van der Waals surface area contributed by atoms with Crippen LogP contribution in [0.5, 0.6) is 0 Å². The van der Waals surface area contributed by atoms with E-state index in [1.807, 2.05) is 6.92 Å². The Labute approximate surface area is 118 Å². The van der Waals surface area contributed by atoms with Gasteiger partial charge in [0.25, 0.3) is 5.69 Å². The van der Waals surface area contributed by atoms with Gasteiger partial charge < -0.3 is 5.32 Å². The molecular formula is C13H18N2O4S. The van der Waals surface area contributed by atoms with Gasteiger partial charge in [0, 0.05) is 24.2 Å². The summed E-state index contributed by atoms with van der Waals surface area (Å²) in [6, 6.07) is 6.25. The fraction of sp³-hybridized carbons (Fsp3) is 0.538. The highest BCUT2D eigenvalue weighted by Crippen LogP contribution is 2.20. The molecule has 0 spiro atoms. The molecule has 1 aliphatic rings. The molecule has 2 atom stereocenters. The molecule has 0 aliphatic carbocycles. The van der Waals surface area contributed by atoms with E-state index in [4.69, 9.17) is 0 Å². The average molecular weight is 298 g/mol. The minimum atomic E-state index is -2.93. The van der Waals surface area contributed by atoms with Gasteiger partial charge in [0.1, 0.15) is 0 Å². The third-order valence-electron chi connectivity index (χ3n) is 3.55. The molecule has 1 aromatic rings. The lowest BCUT2D eigenvalue weighted by atomic mass is 10.1. The van der Waals surface area contributed by atoms with Gasteiger partial charge >= 0.3 is 0 Å². The van der Waals surface area contributed by atoms with Crippen LogP contribution in [-0.4, -0.2) is 30.9 Å². The Kier molecular flexibility index (Phi) is 4.39. The standard InChI is InChI=1S/C13H18N2O4S/c1-10(11-4-6-13(7-5-11)15(16)17)14-12-3-2-8-20(18,19)9-12/h4-7,10,12,14H,2-3,8-9H2,1H3. The van der Waals surface area contributed by atoms with E-state index in [1.54, 1.807) is 12.1 Å². The van der Waals surface area contributed by atoms with E-state index < -0.39 is 14.8 Å². The highest BCUT2D eigenvalue weighted by atomic mass is 32.2. The van der Waals surface area contributed by atoms with Crippen LogP contribution < -0.4 is 5.32 Å². The van der Waals surface area contributed by atoms with Crippen LogP contribution in [0.3, 0.4) is 0 Å². The van der Waals surface area contributed by atoms with Crippen LogP contribution in [0.15, 0.2) is 24.3 Å². The first kappa shape index (κ1) is 14.9. The smallest absolute Gasteiger partial charge is 0.269 e. The summed E-state index contributed by atoms with van der Waals surface area (Å²) in [6.45, 7) is 1.93. The van der Waals surface area contributed by atoms with Crippen molar-refractivity contribution in [2.75, 3.05) is 11.5 Å². The fourth-order valence-electron chi connectivity index (χ4n) is 2.49. The van der Waals surface area contributed by atoms with Gasteiger partial charge in [-0.05, 0) is 25.3 Å². The minimum Gasteiger partial charge on any atom is -0.306 e. The maximum Gasteiger partial charge on any atom is 0.269 e. The lowest BCUT2D eigenvalue weighted by Gasteiger charge is -2.26. The molecule has 7 heteroatoms. The molecule has 2 unspecified atom stereocenters. The van der Waals surface area contributed by atoms with Gasteiger partial charge in [-0.3, -0.25) is 10.1 Å². The summed E-state index contributed by atoms with van der Waals surface area (Å²) in [5, 5.41) is 13.9. The molecule has 110 valence electrons. The average Bonchev–Trinajstić information content (AvgIpc) is 2.37. The molecule has 1 heterocycles. The van der Waals surface area contributed by atoms with E-state index in [0.717, 1.165) is 12.0 Å². The zero-order chi connectivity index (χ0) is 14.8. The van der Waals surface area contributed by atoms with Crippen molar-refractivity contribution in [2.45, 2.75) is 31.8 Å². The van der Waals surface area contributed by atoms with Gasteiger partial charge in [0.15, 0.2) is 9.84 Å². The molecule has 0 bridgehead atoms. The number of nitrogens with one attached hydrogen (secondary N) is 1. The van der Waals surface area contributed by atoms with Crippen LogP contribution in [0, 0.1) is 10.1 Å². The summed E-state index contributed by atoms with van der Waals surface area (Å²) >= 11 is 0. The Morgan fingerprint density at radius 1 is 1.35 bits per heavy atom. The van der Waals surface area contributed by atoms with Crippen LogP contribution in [0.2, 0.25) is 0 Å². The molecule has 1 N–H and O–H groups in total. The van der Waals surface area contributed by atoms with Crippen molar-refractivity contribution >= 4 is 15.5 Å². The molecule has 2 rings (SSSR count). The summed E-state index contributed by atoms with van der Waals surface area (Å²) in [6.07, 6.45) is 1.53. The quantitative estimate of drug-likeness (QED) is 0.676. The lowest BCUT2D eigenvalue weighted by molar-refractivity contribution is -0.384. The van der Waals surface area contributed by atoms with Crippen LogP contribution in [0.1, 0.15) is 31.4 Å². The first-order valence-electron chi connectivity index (χ1n) is 6.58. The summed E-state index contributed by atoms with van der Waals surface area (Å²) in [5.41, 5.74) is 0.972. The van der Waals surface area contributed by atoms with Crippen LogP contribution in [0.25, 0.3) is 0 Å². The van der Waals surface area contributed by atoms with Gasteiger partial charge in [0.05, 0.1) is 16.4 Å². The lowest BCUT2D eigenvalue weighted by Crippen LogP contribution is -2.41. The molecule has 0 amide bonds. The normalized spacial score (nSPS) is 23.1. The Morgan fingerprint density at radius 2 is 2.00 bits per heavy atom. The Bertz CT molecular complexity index is 583. The summed E-state index contributed by atoms with van der Waals surface area (Å²) in [5.74, 6) is 0.446. The maximum atomic E-state index is 11.6. The third kappa shape index (κ3) is 3.77. The first-order valence-corrected chi connectivity index (χ1v) is 8.40. The number of hydrogen-bond donors (Lipinski definition) is 1. The van der Waals surface area contributed by atoms with E-state index in [1.165, 1.54) is 12.1 Å². The molecule has 6 nitrogen and oxygen atoms in total. The van der Waals surface area contributed by atoms with E-state index >= 15 is 0 Å². The number of non-ortho nitro benzene ring substituents is 1. The van der Waals surface area contributed by atoms with Crippen molar-refractivity contribution in [3.8, 4) is 0 Å². The van der Waals surface area contributed by atoms with Gasteiger partial charge in [0.2, 0.25) is 0 Å². The van der Waals surface area contributed by atoms with Crippen molar-refractivity contribution in [1.29, 1.82) is 0 Å². The van der Waals surface area contributed by atoms with Crippen molar-refractivity contribution in [3.63, 3.8) is 0 Å². The molecule has 20 heavy (non-hydrogen) atoms. The highest BCUT2D eigenvalue weighted by Gasteiger charge is 2.25. The van der Waals surface area contributed by atoms with Crippen LogP contribution >= 0.6 is 0 Å². The number of nitro benzene ring substituents is 1. The Balaban J connectivity index is 2.01. The topological polar surface area (TPSA) is 89.3 Å². The number of nitro groups is 1. The van der Waals surface area contributed by atoms with Crippen molar-refractivity contribution in [1.82, 2.24) is 5.32 Å². The summed E-state index contributed by atoms with van der Waals surface area (Å²) < 4.78 is 23.2. The van der Waals surface area contributed by atoms with Crippen molar-refractivity contribution in [3.05, 3.63) is 39.9 Å². The van der Waals surface area contributed by atoms with Gasteiger partial charge in [-0.15, -0.1) is 0 Å². The number of benzene rings is 1. The maximum absolute atomic E-state index is 11.6. The highest BCUT2D eigenvalue weighted by molar-refractivity contribution is 7.91. The molecule has 1 saturated heterocycles. The van der Waals surface area contributed by atoms with E-state index in [-0.39, 0.29) is 29.3 Å². The summed E-state index contributed by atoms with van der Waals surface area (Å²) in [4.78, 5) is 10.2. The molecule has 0 radical (unpaired) electrons. The molecular weight excluding hydrogens is 280 g/mol. The Morgan fingerprint density at radius 3 is 2.55 bits per heavy atom. The van der Waals surface area contributed by atoms with Crippen molar-refractivity contribution in [2.24, 2.45) is 0 Å². The zero-order valence-corrected chi connectivity index (χ0v) is 12.1.